The molecular formula is C17H30N2. The summed E-state index contributed by atoms with van der Waals surface area (Å²) in [6, 6.07) is 0.868. The molecule has 3 aliphatic carbocycles. The van der Waals surface area contributed by atoms with E-state index >= 15 is 0 Å². The lowest BCUT2D eigenvalue weighted by Gasteiger charge is -2.48. The summed E-state index contributed by atoms with van der Waals surface area (Å²) in [5, 5.41) is 3.94. The molecule has 2 heteroatoms. The largest absolute Gasteiger partial charge is 0.308 e. The van der Waals surface area contributed by atoms with Gasteiger partial charge in [0.05, 0.1) is 0 Å². The van der Waals surface area contributed by atoms with E-state index < -0.39 is 0 Å². The standard InChI is InChI=1S/C17H30N2/c1-17(15-8-9-15)12-19(11-13-4-2-3-5-13)16(10-18-17)14-6-7-14/h13-16,18H,2-12H2,1H3. The third kappa shape index (κ3) is 2.58. The Morgan fingerprint density at radius 3 is 2.42 bits per heavy atom. The molecule has 2 atom stereocenters. The Kier molecular flexibility index (Phi) is 3.15. The van der Waals surface area contributed by atoms with Crippen molar-refractivity contribution in [2.45, 2.75) is 69.9 Å². The summed E-state index contributed by atoms with van der Waals surface area (Å²) in [6.45, 7) is 6.50. The van der Waals surface area contributed by atoms with E-state index in [4.69, 9.17) is 0 Å². The first kappa shape index (κ1) is 12.6. The summed E-state index contributed by atoms with van der Waals surface area (Å²) in [7, 11) is 0. The lowest BCUT2D eigenvalue weighted by molar-refractivity contribution is 0.0516. The van der Waals surface area contributed by atoms with E-state index in [9.17, 15) is 0 Å². The van der Waals surface area contributed by atoms with Gasteiger partial charge in [-0.05, 0) is 63.2 Å². The highest BCUT2D eigenvalue weighted by atomic mass is 15.3. The first-order valence-electron chi connectivity index (χ1n) is 8.74. The second-order valence-corrected chi connectivity index (χ2v) is 8.06. The van der Waals surface area contributed by atoms with Gasteiger partial charge in [-0.2, -0.15) is 0 Å². The minimum absolute atomic E-state index is 0.435. The predicted molar refractivity (Wildman–Crippen MR) is 79.2 cm³/mol. The van der Waals surface area contributed by atoms with Crippen LogP contribution in [0.1, 0.15) is 58.3 Å². The summed E-state index contributed by atoms with van der Waals surface area (Å²) in [6.07, 6.45) is 11.9. The SMILES string of the molecule is CC1(C2CC2)CN(CC2CCCC2)C(C2CC2)CN1. The number of nitrogens with zero attached hydrogens (tertiary/aromatic N) is 1. The number of hydrogen-bond acceptors (Lipinski definition) is 2. The van der Waals surface area contributed by atoms with Gasteiger partial charge in [-0.1, -0.05) is 12.8 Å². The van der Waals surface area contributed by atoms with Crippen LogP contribution in [0.3, 0.4) is 0 Å². The normalized spacial score (nSPS) is 41.8. The third-order valence-corrected chi connectivity index (χ3v) is 6.33. The second kappa shape index (κ2) is 4.73. The highest BCUT2D eigenvalue weighted by molar-refractivity contribution is 5.06. The summed E-state index contributed by atoms with van der Waals surface area (Å²) in [4.78, 5) is 2.92. The van der Waals surface area contributed by atoms with Gasteiger partial charge >= 0.3 is 0 Å². The van der Waals surface area contributed by atoms with Crippen LogP contribution in [0.2, 0.25) is 0 Å². The van der Waals surface area contributed by atoms with Crippen molar-refractivity contribution in [3.63, 3.8) is 0 Å². The molecule has 3 saturated carbocycles. The van der Waals surface area contributed by atoms with Crippen LogP contribution in [-0.2, 0) is 0 Å². The fourth-order valence-electron chi connectivity index (χ4n) is 4.73. The van der Waals surface area contributed by atoms with Gasteiger partial charge in [0.1, 0.15) is 0 Å². The first-order valence-corrected chi connectivity index (χ1v) is 8.74. The van der Waals surface area contributed by atoms with Crippen molar-refractivity contribution in [2.24, 2.45) is 17.8 Å². The van der Waals surface area contributed by atoms with Crippen LogP contribution >= 0.6 is 0 Å². The van der Waals surface area contributed by atoms with Gasteiger partial charge in [-0.25, -0.2) is 0 Å². The summed E-state index contributed by atoms with van der Waals surface area (Å²) < 4.78 is 0. The van der Waals surface area contributed by atoms with E-state index in [2.05, 4.69) is 17.1 Å². The average Bonchev–Trinajstić information content (AvgIpc) is 3.29. The van der Waals surface area contributed by atoms with Crippen molar-refractivity contribution < 1.29 is 0 Å². The molecule has 2 nitrogen and oxygen atoms in total. The molecule has 1 N–H and O–H groups in total. The molecule has 0 aromatic carbocycles. The fraction of sp³-hybridized carbons (Fsp3) is 1.00. The van der Waals surface area contributed by atoms with Crippen LogP contribution in [0.25, 0.3) is 0 Å². The summed E-state index contributed by atoms with van der Waals surface area (Å²) in [5.41, 5.74) is 0.435. The molecule has 0 radical (unpaired) electrons. The monoisotopic (exact) mass is 262 g/mol. The smallest absolute Gasteiger partial charge is 0.0309 e. The predicted octanol–water partition coefficient (Wildman–Crippen LogP) is 3.03. The Labute approximate surface area is 118 Å². The van der Waals surface area contributed by atoms with Crippen LogP contribution in [-0.4, -0.2) is 36.1 Å². The molecule has 0 spiro atoms. The Balaban J connectivity index is 1.45. The molecule has 19 heavy (non-hydrogen) atoms. The van der Waals surface area contributed by atoms with Crippen LogP contribution < -0.4 is 5.32 Å². The molecule has 4 aliphatic rings. The molecule has 0 amide bonds. The fourth-order valence-corrected chi connectivity index (χ4v) is 4.73. The van der Waals surface area contributed by atoms with E-state index in [0.29, 0.717) is 5.54 Å². The van der Waals surface area contributed by atoms with Crippen molar-refractivity contribution in [2.75, 3.05) is 19.6 Å². The molecule has 108 valence electrons. The zero-order chi connectivity index (χ0) is 12.9. The van der Waals surface area contributed by atoms with Crippen LogP contribution in [0.15, 0.2) is 0 Å². The summed E-state index contributed by atoms with van der Waals surface area (Å²) in [5.74, 6) is 3.01. The van der Waals surface area contributed by atoms with Crippen LogP contribution in [0.4, 0.5) is 0 Å². The second-order valence-electron chi connectivity index (χ2n) is 8.06. The molecule has 0 aromatic heterocycles. The number of piperazine rings is 1. The lowest BCUT2D eigenvalue weighted by Crippen LogP contribution is -2.65. The van der Waals surface area contributed by atoms with Gasteiger partial charge < -0.3 is 5.32 Å². The van der Waals surface area contributed by atoms with Crippen LogP contribution in [0, 0.1) is 17.8 Å². The Morgan fingerprint density at radius 1 is 1.05 bits per heavy atom. The highest BCUT2D eigenvalue weighted by Crippen LogP contribution is 2.44. The molecule has 2 unspecified atom stereocenters. The minimum Gasteiger partial charge on any atom is -0.308 e. The third-order valence-electron chi connectivity index (χ3n) is 6.33. The van der Waals surface area contributed by atoms with Gasteiger partial charge in [0.2, 0.25) is 0 Å². The molecule has 1 saturated heterocycles. The summed E-state index contributed by atoms with van der Waals surface area (Å²) >= 11 is 0. The zero-order valence-corrected chi connectivity index (χ0v) is 12.5. The molecule has 0 aromatic rings. The quantitative estimate of drug-likeness (QED) is 0.838. The molecule has 4 rings (SSSR count). The maximum Gasteiger partial charge on any atom is 0.0309 e. The average molecular weight is 262 g/mol. The zero-order valence-electron chi connectivity index (χ0n) is 12.5. The molecular weight excluding hydrogens is 232 g/mol. The van der Waals surface area contributed by atoms with E-state index in [1.807, 2.05) is 0 Å². The van der Waals surface area contributed by atoms with Gasteiger partial charge in [0, 0.05) is 31.2 Å². The van der Waals surface area contributed by atoms with Gasteiger partial charge in [0.25, 0.3) is 0 Å². The Morgan fingerprint density at radius 2 is 1.79 bits per heavy atom. The first-order chi connectivity index (χ1) is 9.24. The highest BCUT2D eigenvalue weighted by Gasteiger charge is 2.48. The minimum atomic E-state index is 0.435. The number of nitrogens with one attached hydrogen (secondary N) is 1. The maximum atomic E-state index is 3.94. The Hall–Kier alpha value is -0.0800. The van der Waals surface area contributed by atoms with Crippen molar-refractivity contribution in [3.05, 3.63) is 0 Å². The van der Waals surface area contributed by atoms with Gasteiger partial charge in [-0.3, -0.25) is 4.90 Å². The van der Waals surface area contributed by atoms with E-state index in [1.54, 1.807) is 0 Å². The Bertz CT molecular complexity index is 328. The van der Waals surface area contributed by atoms with Crippen molar-refractivity contribution in [1.29, 1.82) is 0 Å². The number of hydrogen-bond donors (Lipinski definition) is 1. The van der Waals surface area contributed by atoms with Crippen molar-refractivity contribution in [3.8, 4) is 0 Å². The molecule has 0 bridgehead atoms. The molecule has 1 heterocycles. The maximum absolute atomic E-state index is 3.94. The van der Waals surface area contributed by atoms with Gasteiger partial charge in [-0.15, -0.1) is 0 Å². The van der Waals surface area contributed by atoms with E-state index in [-0.39, 0.29) is 0 Å². The van der Waals surface area contributed by atoms with Crippen molar-refractivity contribution in [1.82, 2.24) is 10.2 Å². The van der Waals surface area contributed by atoms with E-state index in [0.717, 1.165) is 23.8 Å². The van der Waals surface area contributed by atoms with Crippen molar-refractivity contribution >= 4 is 0 Å². The lowest BCUT2D eigenvalue weighted by atomic mass is 9.89. The van der Waals surface area contributed by atoms with E-state index in [1.165, 1.54) is 71.0 Å². The van der Waals surface area contributed by atoms with Gasteiger partial charge in [0.15, 0.2) is 0 Å². The molecule has 1 aliphatic heterocycles. The molecule has 4 fully saturated rings. The number of rotatable bonds is 4. The topological polar surface area (TPSA) is 15.3 Å². The van der Waals surface area contributed by atoms with Crippen LogP contribution in [0.5, 0.6) is 0 Å².